The van der Waals surface area contributed by atoms with Gasteiger partial charge in [-0.2, -0.15) is 0 Å². The van der Waals surface area contributed by atoms with Crippen LogP contribution in [0.15, 0.2) is 25.3 Å². The molecule has 0 radical (unpaired) electrons. The third-order valence-corrected chi connectivity index (χ3v) is 1.26. The van der Waals surface area contributed by atoms with E-state index >= 15 is 0 Å². The molecule has 0 aliphatic carbocycles. The Balaban J connectivity index is 3.34. The van der Waals surface area contributed by atoms with E-state index < -0.39 is 12.3 Å². The van der Waals surface area contributed by atoms with Crippen LogP contribution in [0.25, 0.3) is 0 Å². The van der Waals surface area contributed by atoms with Gasteiger partial charge < -0.3 is 14.2 Å². The number of rotatable bonds is 8. The number of carbonyl (C=O) groups excluding carboxylic acids is 1. The van der Waals surface area contributed by atoms with Crippen molar-refractivity contribution in [1.29, 1.82) is 0 Å². The minimum atomic E-state index is -0.576. The molecule has 0 aliphatic heterocycles. The maximum atomic E-state index is 10.7. The smallest absolute Gasteiger partial charge is 0.332 e. The Morgan fingerprint density at radius 1 is 1.43 bits per heavy atom. The first kappa shape index (κ1) is 12.9. The largest absolute Gasteiger partial charge is 0.433 e. The second-order valence-electron chi connectivity index (χ2n) is 2.44. The highest BCUT2D eigenvalue weighted by Crippen LogP contribution is 1.94. The maximum Gasteiger partial charge on any atom is 0.332 e. The van der Waals surface area contributed by atoms with Crippen molar-refractivity contribution in [2.24, 2.45) is 0 Å². The quantitative estimate of drug-likeness (QED) is 0.195. The third kappa shape index (κ3) is 7.52. The SMILES string of the molecule is C=CCOCCOC(C)OC(=O)C=C. The molecule has 0 aliphatic rings. The van der Waals surface area contributed by atoms with Gasteiger partial charge in [0.1, 0.15) is 0 Å². The van der Waals surface area contributed by atoms with Crippen LogP contribution in [0.5, 0.6) is 0 Å². The average Bonchev–Trinajstić information content (AvgIpc) is 2.17. The van der Waals surface area contributed by atoms with Crippen LogP contribution >= 0.6 is 0 Å². The molecule has 80 valence electrons. The van der Waals surface area contributed by atoms with Crippen molar-refractivity contribution in [3.8, 4) is 0 Å². The third-order valence-electron chi connectivity index (χ3n) is 1.26. The summed E-state index contributed by atoms with van der Waals surface area (Å²) in [5, 5.41) is 0. The van der Waals surface area contributed by atoms with Crippen LogP contribution in [-0.2, 0) is 19.0 Å². The topological polar surface area (TPSA) is 44.8 Å². The number of hydrogen-bond acceptors (Lipinski definition) is 4. The van der Waals surface area contributed by atoms with Crippen LogP contribution in [0.3, 0.4) is 0 Å². The molecule has 0 N–H and O–H groups in total. The molecule has 1 atom stereocenters. The molecule has 0 rings (SSSR count). The van der Waals surface area contributed by atoms with Gasteiger partial charge in [0, 0.05) is 6.08 Å². The number of ether oxygens (including phenoxy) is 3. The molecule has 0 fully saturated rings. The molecule has 14 heavy (non-hydrogen) atoms. The van der Waals surface area contributed by atoms with E-state index in [0.717, 1.165) is 6.08 Å². The first-order chi connectivity index (χ1) is 6.70. The first-order valence-electron chi connectivity index (χ1n) is 4.34. The lowest BCUT2D eigenvalue weighted by Crippen LogP contribution is -2.19. The zero-order valence-electron chi connectivity index (χ0n) is 8.40. The summed E-state index contributed by atoms with van der Waals surface area (Å²) >= 11 is 0. The fourth-order valence-electron chi connectivity index (χ4n) is 0.685. The Hall–Kier alpha value is -1.13. The number of carbonyl (C=O) groups is 1. The molecule has 0 aromatic rings. The van der Waals surface area contributed by atoms with Gasteiger partial charge >= 0.3 is 5.97 Å². The Kier molecular flexibility index (Phi) is 7.78. The van der Waals surface area contributed by atoms with Gasteiger partial charge in [0.15, 0.2) is 0 Å². The van der Waals surface area contributed by atoms with Crippen LogP contribution in [0.4, 0.5) is 0 Å². The van der Waals surface area contributed by atoms with Crippen LogP contribution in [-0.4, -0.2) is 32.1 Å². The predicted molar refractivity (Wildman–Crippen MR) is 52.7 cm³/mol. The molecule has 0 heterocycles. The van der Waals surface area contributed by atoms with Crippen molar-refractivity contribution in [2.75, 3.05) is 19.8 Å². The molecule has 0 aromatic heterocycles. The standard InChI is InChI=1S/C10H16O4/c1-4-6-12-7-8-13-9(3)14-10(11)5-2/h4-5,9H,1-2,6-8H2,3H3. The Morgan fingerprint density at radius 2 is 2.14 bits per heavy atom. The summed E-state index contributed by atoms with van der Waals surface area (Å²) in [5.41, 5.74) is 0. The van der Waals surface area contributed by atoms with Gasteiger partial charge in [-0.1, -0.05) is 12.7 Å². The van der Waals surface area contributed by atoms with E-state index in [1.54, 1.807) is 13.0 Å². The fourth-order valence-corrected chi connectivity index (χ4v) is 0.685. The highest BCUT2D eigenvalue weighted by Gasteiger charge is 2.05. The van der Waals surface area contributed by atoms with Gasteiger partial charge in [0.05, 0.1) is 19.8 Å². The molecule has 0 saturated carbocycles. The van der Waals surface area contributed by atoms with Gasteiger partial charge in [-0.15, -0.1) is 6.58 Å². The summed E-state index contributed by atoms with van der Waals surface area (Å²) in [5.74, 6) is -0.496. The zero-order valence-corrected chi connectivity index (χ0v) is 8.40. The molecule has 0 aromatic carbocycles. The van der Waals surface area contributed by atoms with Crippen molar-refractivity contribution >= 4 is 5.97 Å². The molecule has 0 saturated heterocycles. The highest BCUT2D eigenvalue weighted by molar-refractivity contribution is 5.81. The molecule has 4 nitrogen and oxygen atoms in total. The van der Waals surface area contributed by atoms with E-state index in [4.69, 9.17) is 14.2 Å². The van der Waals surface area contributed by atoms with Crippen LogP contribution in [0, 0.1) is 0 Å². The zero-order chi connectivity index (χ0) is 10.8. The van der Waals surface area contributed by atoms with Crippen molar-refractivity contribution in [2.45, 2.75) is 13.2 Å². The molecule has 0 amide bonds. The van der Waals surface area contributed by atoms with E-state index in [2.05, 4.69) is 13.2 Å². The number of hydrogen-bond donors (Lipinski definition) is 0. The molecular weight excluding hydrogens is 184 g/mol. The second kappa shape index (κ2) is 8.47. The van der Waals surface area contributed by atoms with Crippen LogP contribution in [0.1, 0.15) is 6.92 Å². The van der Waals surface area contributed by atoms with Crippen molar-refractivity contribution in [1.82, 2.24) is 0 Å². The lowest BCUT2D eigenvalue weighted by atomic mass is 10.6. The van der Waals surface area contributed by atoms with Crippen molar-refractivity contribution < 1.29 is 19.0 Å². The summed E-state index contributed by atoms with van der Waals surface area (Å²) in [6.45, 7) is 9.71. The Labute approximate surface area is 84.1 Å². The maximum absolute atomic E-state index is 10.7. The molecule has 4 heteroatoms. The predicted octanol–water partition coefficient (Wildman–Crippen LogP) is 1.28. The first-order valence-corrected chi connectivity index (χ1v) is 4.34. The summed E-state index contributed by atoms with van der Waals surface area (Å²) in [6, 6.07) is 0. The van der Waals surface area contributed by atoms with Crippen LogP contribution < -0.4 is 0 Å². The van der Waals surface area contributed by atoms with E-state index in [9.17, 15) is 4.79 Å². The summed E-state index contributed by atoms with van der Waals surface area (Å²) < 4.78 is 14.9. The van der Waals surface area contributed by atoms with Gasteiger partial charge in [0.2, 0.25) is 6.29 Å². The Morgan fingerprint density at radius 3 is 2.71 bits per heavy atom. The second-order valence-corrected chi connectivity index (χ2v) is 2.44. The normalized spacial score (nSPS) is 11.8. The molecule has 0 spiro atoms. The van der Waals surface area contributed by atoms with E-state index in [1.807, 2.05) is 0 Å². The molecular formula is C10H16O4. The summed E-state index contributed by atoms with van der Waals surface area (Å²) in [4.78, 5) is 10.7. The summed E-state index contributed by atoms with van der Waals surface area (Å²) in [6.07, 6.45) is 2.17. The van der Waals surface area contributed by atoms with Gasteiger partial charge in [-0.3, -0.25) is 0 Å². The fraction of sp³-hybridized carbons (Fsp3) is 0.500. The monoisotopic (exact) mass is 200 g/mol. The van der Waals surface area contributed by atoms with Gasteiger partial charge in [-0.25, -0.2) is 4.79 Å². The van der Waals surface area contributed by atoms with Crippen LogP contribution in [0.2, 0.25) is 0 Å². The van der Waals surface area contributed by atoms with Crippen molar-refractivity contribution in [3.05, 3.63) is 25.3 Å². The van der Waals surface area contributed by atoms with E-state index in [0.29, 0.717) is 19.8 Å². The molecule has 0 bridgehead atoms. The lowest BCUT2D eigenvalue weighted by Gasteiger charge is -2.12. The minimum Gasteiger partial charge on any atom is -0.433 e. The molecule has 1 unspecified atom stereocenters. The Bertz CT molecular complexity index is 189. The highest BCUT2D eigenvalue weighted by atomic mass is 16.7. The van der Waals surface area contributed by atoms with Gasteiger partial charge in [-0.05, 0) is 6.92 Å². The number of esters is 1. The lowest BCUT2D eigenvalue weighted by molar-refractivity contribution is -0.171. The van der Waals surface area contributed by atoms with Crippen molar-refractivity contribution in [3.63, 3.8) is 0 Å². The van der Waals surface area contributed by atoms with E-state index in [-0.39, 0.29) is 0 Å². The van der Waals surface area contributed by atoms with E-state index in [1.165, 1.54) is 0 Å². The average molecular weight is 200 g/mol. The summed E-state index contributed by atoms with van der Waals surface area (Å²) in [7, 11) is 0. The van der Waals surface area contributed by atoms with Gasteiger partial charge in [0.25, 0.3) is 0 Å². The minimum absolute atomic E-state index is 0.374.